The van der Waals surface area contributed by atoms with Crippen LogP contribution in [0.15, 0.2) is 0 Å². The lowest BCUT2D eigenvalue weighted by Gasteiger charge is -2.31. The smallest absolute Gasteiger partial charge is 0.116 e. The number of aryl methyl sites for hydroxylation is 2. The molecule has 3 rings (SSSR count). The molecule has 2 aliphatic rings. The minimum atomic E-state index is -0.104. The number of aromatic nitrogens is 1. The maximum Gasteiger partial charge on any atom is 0.116 e. The Morgan fingerprint density at radius 3 is 3.11 bits per heavy atom. The van der Waals surface area contributed by atoms with Gasteiger partial charge in [0.2, 0.25) is 0 Å². The van der Waals surface area contributed by atoms with Crippen LogP contribution in [0.5, 0.6) is 0 Å². The highest BCUT2D eigenvalue weighted by atomic mass is 32.1. The Morgan fingerprint density at radius 2 is 2.42 bits per heavy atom. The fourth-order valence-electron chi connectivity index (χ4n) is 3.09. The van der Waals surface area contributed by atoms with Gasteiger partial charge in [-0.15, -0.1) is 11.3 Å². The van der Waals surface area contributed by atoms with Crippen molar-refractivity contribution >= 4 is 11.3 Å². The van der Waals surface area contributed by atoms with Gasteiger partial charge in [0.1, 0.15) is 5.01 Å². The van der Waals surface area contributed by atoms with Crippen molar-refractivity contribution in [3.63, 3.8) is 0 Å². The fourth-order valence-corrected chi connectivity index (χ4v) is 4.51. The quantitative estimate of drug-likeness (QED) is 0.837. The Balaban J connectivity index is 1.85. The largest absolute Gasteiger partial charge is 0.383 e. The second-order valence-corrected chi connectivity index (χ2v) is 6.48. The van der Waals surface area contributed by atoms with Gasteiger partial charge in [0.05, 0.1) is 23.9 Å². The summed E-state index contributed by atoms with van der Waals surface area (Å²) >= 11 is 1.89. The number of nitrogens with zero attached hydrogens (tertiary/aromatic N) is 1. The number of ether oxygens (including phenoxy) is 2. The summed E-state index contributed by atoms with van der Waals surface area (Å²) in [5.41, 5.74) is 1.22. The van der Waals surface area contributed by atoms with Crippen molar-refractivity contribution in [3.8, 4) is 0 Å². The maximum absolute atomic E-state index is 5.82. The summed E-state index contributed by atoms with van der Waals surface area (Å²) < 4.78 is 11.0. The molecule has 1 aromatic heterocycles. The Morgan fingerprint density at radius 1 is 1.53 bits per heavy atom. The topological polar surface area (TPSA) is 43.4 Å². The zero-order chi connectivity index (χ0) is 13.3. The number of hydrogen-bond acceptors (Lipinski definition) is 5. The van der Waals surface area contributed by atoms with E-state index in [0.717, 1.165) is 32.6 Å². The Hall–Kier alpha value is -0.490. The second-order valence-electron chi connectivity index (χ2n) is 5.40. The minimum absolute atomic E-state index is 0.104. The Bertz CT molecular complexity index is 427. The third kappa shape index (κ3) is 2.33. The molecule has 2 unspecified atom stereocenters. The van der Waals surface area contributed by atoms with Crippen LogP contribution in [0.2, 0.25) is 0 Å². The SMILES string of the molecule is COCCNC1(c2nc3c(s2)CCC3)CCOC1C. The summed E-state index contributed by atoms with van der Waals surface area (Å²) in [5.74, 6) is 0. The summed E-state index contributed by atoms with van der Waals surface area (Å²) in [7, 11) is 1.74. The molecule has 0 bridgehead atoms. The predicted molar refractivity (Wildman–Crippen MR) is 75.7 cm³/mol. The lowest BCUT2D eigenvalue weighted by molar-refractivity contribution is 0.0775. The van der Waals surface area contributed by atoms with Crippen molar-refractivity contribution in [2.45, 2.75) is 44.2 Å². The fraction of sp³-hybridized carbons (Fsp3) is 0.786. The molecule has 1 aliphatic carbocycles. The molecular weight excluding hydrogens is 260 g/mol. The van der Waals surface area contributed by atoms with E-state index < -0.39 is 0 Å². The Kier molecular flexibility index (Phi) is 3.89. The monoisotopic (exact) mass is 282 g/mol. The predicted octanol–water partition coefficient (Wildman–Crippen LogP) is 1.87. The zero-order valence-electron chi connectivity index (χ0n) is 11.7. The van der Waals surface area contributed by atoms with Gasteiger partial charge in [-0.25, -0.2) is 4.98 Å². The van der Waals surface area contributed by atoms with Crippen LogP contribution in [-0.2, 0) is 27.9 Å². The number of thiazole rings is 1. The molecule has 0 spiro atoms. The van der Waals surface area contributed by atoms with E-state index in [1.165, 1.54) is 28.4 Å². The van der Waals surface area contributed by atoms with Crippen molar-refractivity contribution in [1.82, 2.24) is 10.3 Å². The van der Waals surface area contributed by atoms with E-state index in [9.17, 15) is 0 Å². The van der Waals surface area contributed by atoms with Gasteiger partial charge in [-0.1, -0.05) is 0 Å². The van der Waals surface area contributed by atoms with Gasteiger partial charge < -0.3 is 14.8 Å². The highest BCUT2D eigenvalue weighted by Gasteiger charge is 2.45. The second kappa shape index (κ2) is 5.48. The van der Waals surface area contributed by atoms with Crippen molar-refractivity contribution in [3.05, 3.63) is 15.6 Å². The molecular formula is C14H22N2O2S. The summed E-state index contributed by atoms with van der Waals surface area (Å²) in [6.07, 6.45) is 4.80. The van der Waals surface area contributed by atoms with E-state index >= 15 is 0 Å². The van der Waals surface area contributed by atoms with Crippen LogP contribution in [0.3, 0.4) is 0 Å². The van der Waals surface area contributed by atoms with Gasteiger partial charge >= 0.3 is 0 Å². The number of hydrogen-bond donors (Lipinski definition) is 1. The summed E-state index contributed by atoms with van der Waals surface area (Å²) in [5, 5.41) is 4.87. The van der Waals surface area contributed by atoms with E-state index in [-0.39, 0.29) is 11.6 Å². The van der Waals surface area contributed by atoms with Crippen molar-refractivity contribution < 1.29 is 9.47 Å². The summed E-state index contributed by atoms with van der Waals surface area (Å²) in [6.45, 7) is 4.53. The zero-order valence-corrected chi connectivity index (χ0v) is 12.5. The summed E-state index contributed by atoms with van der Waals surface area (Å²) in [6, 6.07) is 0. The van der Waals surface area contributed by atoms with Crippen LogP contribution >= 0.6 is 11.3 Å². The molecule has 0 radical (unpaired) electrons. The first-order valence-corrected chi connectivity index (χ1v) is 7.92. The standard InChI is InChI=1S/C14H22N2O2S/c1-10-14(6-8-18-10,15-7-9-17-2)13-16-11-4-3-5-12(11)19-13/h10,15H,3-9H2,1-2H3. The van der Waals surface area contributed by atoms with Crippen LogP contribution in [0, 0.1) is 0 Å². The average Bonchev–Trinajstić information content (AvgIpc) is 3.04. The molecule has 0 saturated carbocycles. The van der Waals surface area contributed by atoms with Gasteiger partial charge in [0.25, 0.3) is 0 Å². The average molecular weight is 282 g/mol. The molecule has 5 heteroatoms. The number of rotatable bonds is 5. The van der Waals surface area contributed by atoms with Gasteiger partial charge in [-0.05, 0) is 32.6 Å². The third-order valence-electron chi connectivity index (χ3n) is 4.28. The van der Waals surface area contributed by atoms with Crippen molar-refractivity contribution in [2.24, 2.45) is 0 Å². The molecule has 2 heterocycles. The molecule has 4 nitrogen and oxygen atoms in total. The number of nitrogens with one attached hydrogen (secondary N) is 1. The minimum Gasteiger partial charge on any atom is -0.383 e. The van der Waals surface area contributed by atoms with Crippen molar-refractivity contribution in [1.29, 1.82) is 0 Å². The van der Waals surface area contributed by atoms with E-state index in [4.69, 9.17) is 14.5 Å². The van der Waals surface area contributed by atoms with Crippen LogP contribution in [-0.4, -0.2) is 38.0 Å². The van der Waals surface area contributed by atoms with Crippen LogP contribution in [0.4, 0.5) is 0 Å². The van der Waals surface area contributed by atoms with Gasteiger partial charge in [0, 0.05) is 25.1 Å². The number of fused-ring (bicyclic) bond motifs is 1. The van der Waals surface area contributed by atoms with Crippen LogP contribution in [0.25, 0.3) is 0 Å². The molecule has 1 aromatic rings. The molecule has 106 valence electrons. The molecule has 19 heavy (non-hydrogen) atoms. The van der Waals surface area contributed by atoms with Crippen molar-refractivity contribution in [2.75, 3.05) is 26.9 Å². The van der Waals surface area contributed by atoms with E-state index in [1.807, 2.05) is 11.3 Å². The van der Waals surface area contributed by atoms with Gasteiger partial charge in [0.15, 0.2) is 0 Å². The van der Waals surface area contributed by atoms with E-state index in [1.54, 1.807) is 7.11 Å². The molecule has 0 aromatic carbocycles. The molecule has 0 amide bonds. The van der Waals surface area contributed by atoms with E-state index in [0.29, 0.717) is 0 Å². The Labute approximate surface area is 118 Å². The maximum atomic E-state index is 5.82. The highest BCUT2D eigenvalue weighted by molar-refractivity contribution is 7.12. The lowest BCUT2D eigenvalue weighted by Crippen LogP contribution is -2.48. The normalized spacial score (nSPS) is 29.9. The molecule has 1 saturated heterocycles. The molecule has 1 fully saturated rings. The first-order valence-electron chi connectivity index (χ1n) is 7.11. The van der Waals surface area contributed by atoms with Gasteiger partial charge in [-0.2, -0.15) is 0 Å². The molecule has 1 N–H and O–H groups in total. The van der Waals surface area contributed by atoms with E-state index in [2.05, 4.69) is 12.2 Å². The highest BCUT2D eigenvalue weighted by Crippen LogP contribution is 2.40. The number of methoxy groups -OCH3 is 1. The van der Waals surface area contributed by atoms with Crippen LogP contribution < -0.4 is 5.32 Å². The van der Waals surface area contributed by atoms with Gasteiger partial charge in [-0.3, -0.25) is 0 Å². The lowest BCUT2D eigenvalue weighted by atomic mass is 9.92. The molecule has 2 atom stereocenters. The first-order chi connectivity index (χ1) is 9.26. The summed E-state index contributed by atoms with van der Waals surface area (Å²) in [4.78, 5) is 6.40. The molecule has 1 aliphatic heterocycles. The van der Waals surface area contributed by atoms with Crippen LogP contribution in [0.1, 0.15) is 35.3 Å². The first kappa shape index (κ1) is 13.5. The third-order valence-corrected chi connectivity index (χ3v) is 5.62.